The third-order valence-corrected chi connectivity index (χ3v) is 3.72. The van der Waals surface area contributed by atoms with Gasteiger partial charge >= 0.3 is 5.97 Å². The molecule has 1 heterocycles. The summed E-state index contributed by atoms with van der Waals surface area (Å²) in [5.41, 5.74) is 0.634. The van der Waals surface area contributed by atoms with Crippen LogP contribution in [0, 0.1) is 0 Å². The summed E-state index contributed by atoms with van der Waals surface area (Å²) >= 11 is 3.26. The predicted octanol–water partition coefficient (Wildman–Crippen LogP) is 2.78. The Hall–Kier alpha value is -1.69. The molecule has 5 nitrogen and oxygen atoms in total. The molecule has 0 atom stereocenters. The van der Waals surface area contributed by atoms with Crippen LogP contribution >= 0.6 is 15.9 Å². The zero-order valence-electron chi connectivity index (χ0n) is 11.7. The molecule has 1 aromatic carbocycles. The minimum Gasteiger partial charge on any atom is -0.464 e. The molecule has 112 valence electrons. The van der Waals surface area contributed by atoms with Crippen molar-refractivity contribution in [3.63, 3.8) is 0 Å². The van der Waals surface area contributed by atoms with Crippen LogP contribution in [-0.4, -0.2) is 35.8 Å². The molecule has 0 fully saturated rings. The number of benzene rings is 1. The number of ether oxygens (including phenoxy) is 1. The fourth-order valence-corrected chi connectivity index (χ4v) is 2.48. The van der Waals surface area contributed by atoms with Crippen LogP contribution in [-0.2, 0) is 9.53 Å². The van der Waals surface area contributed by atoms with E-state index in [0.29, 0.717) is 22.2 Å². The molecule has 0 saturated carbocycles. The number of rotatable bonds is 6. The lowest BCUT2D eigenvalue weighted by Crippen LogP contribution is -2.35. The van der Waals surface area contributed by atoms with Crippen molar-refractivity contribution in [3.05, 3.63) is 33.8 Å². The van der Waals surface area contributed by atoms with Crippen LogP contribution in [0.3, 0.4) is 0 Å². The molecule has 0 unspecified atom stereocenters. The lowest BCUT2D eigenvalue weighted by atomic mass is 10.1. The average molecular weight is 354 g/mol. The number of esters is 1. The van der Waals surface area contributed by atoms with Crippen molar-refractivity contribution in [2.24, 2.45) is 0 Å². The summed E-state index contributed by atoms with van der Waals surface area (Å²) in [6, 6.07) is 4.85. The fourth-order valence-electron chi connectivity index (χ4n) is 2.12. The summed E-state index contributed by atoms with van der Waals surface area (Å²) in [6.07, 6.45) is 2.80. The number of halogens is 1. The monoisotopic (exact) mass is 353 g/mol. The van der Waals surface area contributed by atoms with Crippen molar-refractivity contribution in [2.75, 3.05) is 13.2 Å². The molecule has 0 N–H and O–H groups in total. The van der Waals surface area contributed by atoms with Gasteiger partial charge in [0.2, 0.25) is 0 Å². The average Bonchev–Trinajstić information content (AvgIpc) is 2.68. The molecule has 0 aromatic heterocycles. The highest BCUT2D eigenvalue weighted by atomic mass is 79.9. The van der Waals surface area contributed by atoms with Gasteiger partial charge in [-0.2, -0.15) is 0 Å². The fraction of sp³-hybridized carbons (Fsp3) is 0.400. The van der Waals surface area contributed by atoms with Gasteiger partial charge in [-0.15, -0.1) is 0 Å². The molecule has 1 aromatic rings. The van der Waals surface area contributed by atoms with E-state index >= 15 is 0 Å². The summed E-state index contributed by atoms with van der Waals surface area (Å²) in [5, 5.41) is 0. The van der Waals surface area contributed by atoms with E-state index < -0.39 is 17.8 Å². The van der Waals surface area contributed by atoms with E-state index in [9.17, 15) is 14.4 Å². The minimum absolute atomic E-state index is 0.313. The maximum absolute atomic E-state index is 12.1. The molecule has 6 heteroatoms. The number of amides is 2. The summed E-state index contributed by atoms with van der Waals surface area (Å²) in [6.45, 7) is 2.04. The summed E-state index contributed by atoms with van der Waals surface area (Å²) in [5.74, 6) is -1.46. The van der Waals surface area contributed by atoms with Crippen LogP contribution in [0.5, 0.6) is 0 Å². The molecular formula is C15H16BrNO4. The van der Waals surface area contributed by atoms with Crippen molar-refractivity contribution in [1.82, 2.24) is 4.90 Å². The number of carbonyl (C=O) groups is 3. The lowest BCUT2D eigenvalue weighted by molar-refractivity contribution is -0.144. The molecule has 2 amide bonds. The van der Waals surface area contributed by atoms with E-state index in [2.05, 4.69) is 22.9 Å². The molecule has 0 spiro atoms. The van der Waals surface area contributed by atoms with Gasteiger partial charge in [0.1, 0.15) is 6.54 Å². The Balaban J connectivity index is 1.98. The van der Waals surface area contributed by atoms with Crippen LogP contribution in [0.1, 0.15) is 46.9 Å². The van der Waals surface area contributed by atoms with Gasteiger partial charge in [0, 0.05) is 4.47 Å². The second kappa shape index (κ2) is 6.85. The molecule has 1 aliphatic heterocycles. The van der Waals surface area contributed by atoms with Crippen LogP contribution < -0.4 is 0 Å². The number of fused-ring (bicyclic) bond motifs is 1. The standard InChI is InChI=1S/C15H16BrNO4/c1-2-3-4-7-21-13(18)9-17-14(19)11-6-5-10(16)8-12(11)15(17)20/h5-6,8H,2-4,7,9H2,1H3. The first-order valence-electron chi connectivity index (χ1n) is 6.86. The van der Waals surface area contributed by atoms with Crippen molar-refractivity contribution >= 4 is 33.7 Å². The molecule has 21 heavy (non-hydrogen) atoms. The van der Waals surface area contributed by atoms with E-state index in [1.807, 2.05) is 0 Å². The van der Waals surface area contributed by atoms with Crippen molar-refractivity contribution < 1.29 is 19.1 Å². The molecule has 0 bridgehead atoms. The highest BCUT2D eigenvalue weighted by Crippen LogP contribution is 2.25. The number of nitrogens with zero attached hydrogens (tertiary/aromatic N) is 1. The first-order chi connectivity index (χ1) is 10.0. The topological polar surface area (TPSA) is 63.7 Å². The highest BCUT2D eigenvalue weighted by molar-refractivity contribution is 9.10. The van der Waals surface area contributed by atoms with Gasteiger partial charge < -0.3 is 4.74 Å². The minimum atomic E-state index is -0.556. The Morgan fingerprint density at radius 1 is 1.19 bits per heavy atom. The molecule has 0 saturated heterocycles. The Bertz CT molecular complexity index is 585. The third-order valence-electron chi connectivity index (χ3n) is 3.23. The molecule has 0 aliphatic carbocycles. The number of unbranched alkanes of at least 4 members (excludes halogenated alkanes) is 2. The van der Waals surface area contributed by atoms with E-state index in [0.717, 1.165) is 24.2 Å². The maximum Gasteiger partial charge on any atom is 0.326 e. The Labute approximate surface area is 131 Å². The summed E-state index contributed by atoms with van der Waals surface area (Å²) < 4.78 is 5.75. The van der Waals surface area contributed by atoms with Gasteiger partial charge in [0.25, 0.3) is 11.8 Å². The largest absolute Gasteiger partial charge is 0.464 e. The van der Waals surface area contributed by atoms with Crippen LogP contribution in [0.15, 0.2) is 22.7 Å². The second-order valence-electron chi connectivity index (χ2n) is 4.81. The maximum atomic E-state index is 12.1. The molecule has 1 aliphatic rings. The molecule has 0 radical (unpaired) electrons. The quantitative estimate of drug-likeness (QED) is 0.448. The van der Waals surface area contributed by atoms with E-state index in [4.69, 9.17) is 4.74 Å². The van der Waals surface area contributed by atoms with Crippen LogP contribution in [0.25, 0.3) is 0 Å². The van der Waals surface area contributed by atoms with Crippen molar-refractivity contribution in [2.45, 2.75) is 26.2 Å². The zero-order valence-corrected chi connectivity index (χ0v) is 13.3. The third kappa shape index (κ3) is 3.50. The van der Waals surface area contributed by atoms with Gasteiger partial charge in [-0.3, -0.25) is 19.3 Å². The normalized spacial score (nSPS) is 13.5. The van der Waals surface area contributed by atoms with Crippen molar-refractivity contribution in [3.8, 4) is 0 Å². The van der Waals surface area contributed by atoms with Crippen LogP contribution in [0.4, 0.5) is 0 Å². The predicted molar refractivity (Wildman–Crippen MR) is 80.0 cm³/mol. The van der Waals surface area contributed by atoms with Crippen molar-refractivity contribution in [1.29, 1.82) is 0 Å². The van der Waals surface area contributed by atoms with Gasteiger partial charge in [-0.25, -0.2) is 0 Å². The first kappa shape index (κ1) is 15.7. The van der Waals surface area contributed by atoms with Gasteiger partial charge in [0.15, 0.2) is 0 Å². The second-order valence-corrected chi connectivity index (χ2v) is 5.73. The van der Waals surface area contributed by atoms with E-state index in [1.165, 1.54) is 0 Å². The number of imide groups is 1. The van der Waals surface area contributed by atoms with E-state index in [1.54, 1.807) is 18.2 Å². The van der Waals surface area contributed by atoms with Gasteiger partial charge in [-0.05, 0) is 24.6 Å². The Morgan fingerprint density at radius 2 is 1.90 bits per heavy atom. The first-order valence-corrected chi connectivity index (χ1v) is 7.65. The number of carbonyl (C=O) groups excluding carboxylic acids is 3. The zero-order chi connectivity index (χ0) is 15.4. The summed E-state index contributed by atoms with van der Waals surface area (Å²) in [7, 11) is 0. The molecule has 2 rings (SSSR count). The van der Waals surface area contributed by atoms with Crippen LogP contribution in [0.2, 0.25) is 0 Å². The Kier molecular flexibility index (Phi) is 5.12. The Morgan fingerprint density at radius 3 is 2.62 bits per heavy atom. The smallest absolute Gasteiger partial charge is 0.326 e. The van der Waals surface area contributed by atoms with Gasteiger partial charge in [0.05, 0.1) is 17.7 Å². The number of hydrogen-bond donors (Lipinski definition) is 0. The highest BCUT2D eigenvalue weighted by Gasteiger charge is 2.36. The molecular weight excluding hydrogens is 338 g/mol. The summed E-state index contributed by atoms with van der Waals surface area (Å²) in [4.78, 5) is 36.9. The van der Waals surface area contributed by atoms with Gasteiger partial charge in [-0.1, -0.05) is 35.7 Å². The number of hydrogen-bond acceptors (Lipinski definition) is 4. The SMILES string of the molecule is CCCCCOC(=O)CN1C(=O)c2ccc(Br)cc2C1=O. The lowest BCUT2D eigenvalue weighted by Gasteiger charge is -2.12. The van der Waals surface area contributed by atoms with E-state index in [-0.39, 0.29) is 6.54 Å².